The lowest BCUT2D eigenvalue weighted by Gasteiger charge is -2.43. The number of furan rings is 1. The van der Waals surface area contributed by atoms with Gasteiger partial charge in [0.1, 0.15) is 11.5 Å². The molecule has 0 N–H and O–H groups in total. The first-order chi connectivity index (χ1) is 12.6. The zero-order chi connectivity index (χ0) is 18.0. The Morgan fingerprint density at radius 1 is 1.15 bits per heavy atom. The van der Waals surface area contributed by atoms with Crippen LogP contribution in [0.4, 0.5) is 0 Å². The minimum Gasteiger partial charge on any atom is -0.468 e. The predicted molar refractivity (Wildman–Crippen MR) is 97.7 cm³/mol. The van der Waals surface area contributed by atoms with Gasteiger partial charge in [-0.1, -0.05) is 5.16 Å². The third kappa shape index (κ3) is 3.87. The van der Waals surface area contributed by atoms with E-state index in [0.29, 0.717) is 0 Å². The van der Waals surface area contributed by atoms with Crippen LogP contribution in [0.15, 0.2) is 27.3 Å². The summed E-state index contributed by atoms with van der Waals surface area (Å²) in [6, 6.07) is 4.03. The van der Waals surface area contributed by atoms with Crippen molar-refractivity contribution in [3.63, 3.8) is 0 Å². The summed E-state index contributed by atoms with van der Waals surface area (Å²) in [7, 11) is 0. The molecule has 6 nitrogen and oxygen atoms in total. The molecule has 0 bridgehead atoms. The molecule has 1 atom stereocenters. The third-order valence-corrected chi connectivity index (χ3v) is 5.78. The topological polar surface area (TPSA) is 54.9 Å². The maximum Gasteiger partial charge on any atom is 0.138 e. The molecule has 2 aliphatic heterocycles. The largest absolute Gasteiger partial charge is 0.468 e. The van der Waals surface area contributed by atoms with E-state index in [9.17, 15) is 0 Å². The van der Waals surface area contributed by atoms with Crippen LogP contribution in [0.2, 0.25) is 0 Å². The minimum absolute atomic E-state index is 0.195. The number of rotatable bonds is 4. The maximum atomic E-state index is 6.05. The van der Waals surface area contributed by atoms with Crippen LogP contribution in [-0.2, 0) is 17.8 Å². The highest BCUT2D eigenvalue weighted by Crippen LogP contribution is 2.34. The van der Waals surface area contributed by atoms with Gasteiger partial charge in [-0.15, -0.1) is 0 Å². The number of aryl methyl sites for hydroxylation is 2. The van der Waals surface area contributed by atoms with E-state index in [4.69, 9.17) is 13.7 Å². The number of ether oxygens (including phenoxy) is 1. The first-order valence-electron chi connectivity index (χ1n) is 9.60. The monoisotopic (exact) mass is 359 g/mol. The Labute approximate surface area is 155 Å². The van der Waals surface area contributed by atoms with E-state index < -0.39 is 0 Å². The molecular formula is C20H29N3O3. The molecule has 0 aromatic carbocycles. The van der Waals surface area contributed by atoms with E-state index in [1.165, 1.54) is 18.4 Å². The number of aromatic nitrogens is 1. The number of likely N-dealkylation sites (tertiary alicyclic amines) is 1. The molecule has 6 heteroatoms. The average Bonchev–Trinajstić information content (AvgIpc) is 3.18. The second-order valence-corrected chi connectivity index (χ2v) is 7.96. The van der Waals surface area contributed by atoms with Crippen molar-refractivity contribution in [2.75, 3.05) is 39.4 Å². The smallest absolute Gasteiger partial charge is 0.138 e. The predicted octanol–water partition coefficient (Wildman–Crippen LogP) is 3.00. The maximum absolute atomic E-state index is 6.05. The summed E-state index contributed by atoms with van der Waals surface area (Å²) in [5, 5.41) is 4.11. The fourth-order valence-electron chi connectivity index (χ4n) is 4.48. The summed E-state index contributed by atoms with van der Waals surface area (Å²) in [6.45, 7) is 11.7. The molecule has 2 aromatic rings. The Morgan fingerprint density at radius 2 is 2.00 bits per heavy atom. The zero-order valence-corrected chi connectivity index (χ0v) is 15.9. The van der Waals surface area contributed by atoms with Crippen LogP contribution >= 0.6 is 0 Å². The Morgan fingerprint density at radius 3 is 2.73 bits per heavy atom. The molecule has 0 radical (unpaired) electrons. The number of piperidine rings is 1. The summed E-state index contributed by atoms with van der Waals surface area (Å²) in [6.07, 6.45) is 4.19. The van der Waals surface area contributed by atoms with Crippen molar-refractivity contribution in [1.29, 1.82) is 0 Å². The van der Waals surface area contributed by atoms with Gasteiger partial charge in [0.2, 0.25) is 0 Å². The SMILES string of the molecule is Cc1noc(C)c1CN1CCOCC2(CCCN(Cc3ccco3)C2)C1. The van der Waals surface area contributed by atoms with E-state index in [2.05, 4.69) is 21.0 Å². The lowest BCUT2D eigenvalue weighted by Crippen LogP contribution is -2.50. The van der Waals surface area contributed by atoms with Crippen LogP contribution in [0.25, 0.3) is 0 Å². The van der Waals surface area contributed by atoms with Crippen LogP contribution in [0.3, 0.4) is 0 Å². The van der Waals surface area contributed by atoms with Gasteiger partial charge in [-0.2, -0.15) is 0 Å². The quantitative estimate of drug-likeness (QED) is 0.836. The van der Waals surface area contributed by atoms with Crippen molar-refractivity contribution in [3.05, 3.63) is 41.2 Å². The van der Waals surface area contributed by atoms with E-state index in [1.807, 2.05) is 19.9 Å². The summed E-state index contributed by atoms with van der Waals surface area (Å²) >= 11 is 0. The molecule has 142 valence electrons. The Balaban J connectivity index is 1.45. The summed E-state index contributed by atoms with van der Waals surface area (Å²) in [5.74, 6) is 1.98. The van der Waals surface area contributed by atoms with Crippen molar-refractivity contribution < 1.29 is 13.7 Å². The van der Waals surface area contributed by atoms with Crippen molar-refractivity contribution in [2.24, 2.45) is 5.41 Å². The van der Waals surface area contributed by atoms with Crippen molar-refractivity contribution >= 4 is 0 Å². The van der Waals surface area contributed by atoms with Gasteiger partial charge >= 0.3 is 0 Å². The number of hydrogen-bond acceptors (Lipinski definition) is 6. The molecule has 26 heavy (non-hydrogen) atoms. The minimum atomic E-state index is 0.195. The number of nitrogens with zero attached hydrogens (tertiary/aromatic N) is 3. The molecule has 2 saturated heterocycles. The Hall–Kier alpha value is -1.63. The van der Waals surface area contributed by atoms with Crippen LogP contribution < -0.4 is 0 Å². The molecule has 0 saturated carbocycles. The van der Waals surface area contributed by atoms with Crippen LogP contribution in [0.1, 0.15) is 35.6 Å². The van der Waals surface area contributed by atoms with Gasteiger partial charge in [-0.05, 0) is 45.4 Å². The zero-order valence-electron chi connectivity index (χ0n) is 15.9. The summed E-state index contributed by atoms with van der Waals surface area (Å²) < 4.78 is 17.0. The van der Waals surface area contributed by atoms with E-state index in [-0.39, 0.29) is 5.41 Å². The summed E-state index contributed by atoms with van der Waals surface area (Å²) in [5.41, 5.74) is 2.43. The normalized spacial score (nSPS) is 25.6. The second kappa shape index (κ2) is 7.55. The first kappa shape index (κ1) is 17.8. The molecule has 1 spiro atoms. The first-order valence-corrected chi connectivity index (χ1v) is 9.60. The number of hydrogen-bond donors (Lipinski definition) is 0. The van der Waals surface area contributed by atoms with Gasteiger partial charge in [-0.3, -0.25) is 9.80 Å². The van der Waals surface area contributed by atoms with Crippen LogP contribution in [-0.4, -0.2) is 54.3 Å². The molecule has 4 rings (SSSR count). The molecule has 2 aromatic heterocycles. The molecule has 1 unspecified atom stereocenters. The Bertz CT molecular complexity index is 692. The van der Waals surface area contributed by atoms with Gasteiger partial charge in [0.15, 0.2) is 0 Å². The van der Waals surface area contributed by atoms with Gasteiger partial charge in [0.05, 0.1) is 31.7 Å². The van der Waals surface area contributed by atoms with Gasteiger partial charge in [-0.25, -0.2) is 0 Å². The van der Waals surface area contributed by atoms with Crippen LogP contribution in [0.5, 0.6) is 0 Å². The highest BCUT2D eigenvalue weighted by Gasteiger charge is 2.39. The molecule has 0 amide bonds. The third-order valence-electron chi connectivity index (χ3n) is 5.78. The molecular weight excluding hydrogens is 330 g/mol. The fraction of sp³-hybridized carbons (Fsp3) is 0.650. The van der Waals surface area contributed by atoms with E-state index in [0.717, 1.165) is 69.7 Å². The van der Waals surface area contributed by atoms with Crippen molar-refractivity contribution in [3.8, 4) is 0 Å². The Kier molecular flexibility index (Phi) is 5.16. The fourth-order valence-corrected chi connectivity index (χ4v) is 4.48. The van der Waals surface area contributed by atoms with Gasteiger partial charge < -0.3 is 13.7 Å². The average molecular weight is 359 g/mol. The lowest BCUT2D eigenvalue weighted by atomic mass is 9.80. The van der Waals surface area contributed by atoms with E-state index in [1.54, 1.807) is 6.26 Å². The molecule has 0 aliphatic carbocycles. The molecule has 2 aliphatic rings. The second-order valence-electron chi connectivity index (χ2n) is 7.96. The van der Waals surface area contributed by atoms with E-state index >= 15 is 0 Å². The highest BCUT2D eigenvalue weighted by molar-refractivity contribution is 5.20. The van der Waals surface area contributed by atoms with Crippen molar-refractivity contribution in [1.82, 2.24) is 15.0 Å². The lowest BCUT2D eigenvalue weighted by molar-refractivity contribution is 0.000614. The standard InChI is InChI=1S/C20H29N3O3/c1-16-19(17(2)26-21-16)12-23-8-10-24-15-20(14-23)6-4-7-22(13-20)11-18-5-3-9-25-18/h3,5,9H,4,6-8,10-15H2,1-2H3. The molecule has 4 heterocycles. The van der Waals surface area contributed by atoms with Gasteiger partial charge in [0, 0.05) is 37.2 Å². The van der Waals surface area contributed by atoms with Crippen LogP contribution in [0, 0.1) is 19.3 Å². The molecule has 2 fully saturated rings. The van der Waals surface area contributed by atoms with Crippen molar-refractivity contribution in [2.45, 2.75) is 39.8 Å². The van der Waals surface area contributed by atoms with Gasteiger partial charge in [0.25, 0.3) is 0 Å². The highest BCUT2D eigenvalue weighted by atomic mass is 16.5. The summed E-state index contributed by atoms with van der Waals surface area (Å²) in [4.78, 5) is 5.04.